The van der Waals surface area contributed by atoms with Crippen LogP contribution in [-0.2, 0) is 16.6 Å². The summed E-state index contributed by atoms with van der Waals surface area (Å²) in [6.07, 6.45) is 0. The Balaban J connectivity index is 1.86. The number of oxazole rings is 1. The Hall–Kier alpha value is -1.72. The minimum atomic E-state index is -1.42. The van der Waals surface area contributed by atoms with Crippen molar-refractivity contribution in [1.82, 2.24) is 4.98 Å². The summed E-state index contributed by atoms with van der Waals surface area (Å²) in [5, 5.41) is 0.720. The van der Waals surface area contributed by atoms with Crippen LogP contribution in [0.15, 0.2) is 52.1 Å². The van der Waals surface area contributed by atoms with Gasteiger partial charge >= 0.3 is 0 Å². The van der Waals surface area contributed by atoms with Crippen LogP contribution >= 0.6 is 11.6 Å². The lowest BCUT2D eigenvalue weighted by atomic mass is 10.2. The van der Waals surface area contributed by atoms with Crippen LogP contribution in [0, 0.1) is 5.82 Å². The number of nitrogens with zero attached hydrogens (tertiary/aromatic N) is 1. The normalized spacial score (nSPS) is 12.7. The Bertz CT molecular complexity index is 785. The first-order valence-corrected chi connectivity index (χ1v) is 7.50. The lowest BCUT2D eigenvalue weighted by Gasteiger charge is -1.98. The van der Waals surface area contributed by atoms with Crippen LogP contribution in [0.2, 0.25) is 5.02 Å². The molecule has 1 unspecified atom stereocenters. The summed E-state index contributed by atoms with van der Waals surface area (Å²) in [5.74, 6) is -0.132. The van der Waals surface area contributed by atoms with Crippen molar-refractivity contribution in [2.24, 2.45) is 0 Å². The van der Waals surface area contributed by atoms with Gasteiger partial charge in [-0.3, -0.25) is 0 Å². The summed E-state index contributed by atoms with van der Waals surface area (Å²) in [5.41, 5.74) is 1.65. The molecule has 20 heavy (non-hydrogen) atoms. The van der Waals surface area contributed by atoms with Crippen LogP contribution < -0.4 is 0 Å². The monoisotopic (exact) mass is 309 g/mol. The highest BCUT2D eigenvalue weighted by Crippen LogP contribution is 2.20. The summed E-state index contributed by atoms with van der Waals surface area (Å²) < 4.78 is 30.6. The molecule has 0 amide bonds. The molecule has 3 nitrogen and oxygen atoms in total. The van der Waals surface area contributed by atoms with E-state index in [0.717, 1.165) is 5.56 Å². The second-order valence-electron chi connectivity index (χ2n) is 4.21. The van der Waals surface area contributed by atoms with E-state index in [0.29, 0.717) is 16.1 Å². The molecule has 0 N–H and O–H groups in total. The maximum Gasteiger partial charge on any atom is 0.288 e. The second-order valence-corrected chi connectivity index (χ2v) is 5.97. The fourth-order valence-electron chi connectivity index (χ4n) is 1.77. The van der Waals surface area contributed by atoms with Crippen LogP contribution in [-0.4, -0.2) is 9.19 Å². The van der Waals surface area contributed by atoms with E-state index in [9.17, 15) is 8.60 Å². The molecule has 2 aromatic carbocycles. The summed E-state index contributed by atoms with van der Waals surface area (Å²) in [4.78, 5) is 4.05. The first-order valence-electron chi connectivity index (χ1n) is 5.81. The SMILES string of the molecule is O=S(Cc1ccc(Cl)cc1)c1nc2cc(F)ccc2o1. The smallest absolute Gasteiger partial charge is 0.288 e. The number of hydrogen-bond acceptors (Lipinski definition) is 3. The maximum atomic E-state index is 13.1. The van der Waals surface area contributed by atoms with Crippen LogP contribution in [0.1, 0.15) is 5.56 Å². The molecule has 0 fully saturated rings. The third-order valence-electron chi connectivity index (χ3n) is 2.74. The number of fused-ring (bicyclic) bond motifs is 1. The van der Waals surface area contributed by atoms with Crippen molar-refractivity contribution in [1.29, 1.82) is 0 Å². The summed E-state index contributed by atoms with van der Waals surface area (Å²) in [6, 6.07) is 11.1. The van der Waals surface area contributed by atoms with Crippen LogP contribution in [0.3, 0.4) is 0 Å². The van der Waals surface area contributed by atoms with Gasteiger partial charge in [-0.1, -0.05) is 23.7 Å². The molecular weight excluding hydrogens is 301 g/mol. The molecule has 0 aliphatic carbocycles. The van der Waals surface area contributed by atoms with Crippen molar-refractivity contribution in [2.75, 3.05) is 0 Å². The highest BCUT2D eigenvalue weighted by molar-refractivity contribution is 7.84. The summed E-state index contributed by atoms with van der Waals surface area (Å²) in [7, 11) is -1.42. The third-order valence-corrected chi connectivity index (χ3v) is 4.15. The topological polar surface area (TPSA) is 43.1 Å². The van der Waals surface area contributed by atoms with Gasteiger partial charge < -0.3 is 4.42 Å². The molecule has 1 heterocycles. The molecule has 0 aliphatic heterocycles. The lowest BCUT2D eigenvalue weighted by molar-refractivity contribution is 0.477. The Morgan fingerprint density at radius 3 is 2.70 bits per heavy atom. The van der Waals surface area contributed by atoms with Crippen molar-refractivity contribution in [3.8, 4) is 0 Å². The van der Waals surface area contributed by atoms with E-state index in [-0.39, 0.29) is 11.0 Å². The molecule has 0 saturated heterocycles. The summed E-state index contributed by atoms with van der Waals surface area (Å²) >= 11 is 5.79. The van der Waals surface area contributed by atoms with E-state index < -0.39 is 16.6 Å². The van der Waals surface area contributed by atoms with E-state index in [1.807, 2.05) is 0 Å². The Morgan fingerprint density at radius 2 is 1.95 bits per heavy atom. The van der Waals surface area contributed by atoms with E-state index in [1.165, 1.54) is 18.2 Å². The standard InChI is InChI=1S/C14H9ClFNO2S/c15-10-3-1-9(2-4-10)8-20(18)14-17-12-7-11(16)5-6-13(12)19-14/h1-7H,8H2. The average molecular weight is 310 g/mol. The molecule has 0 radical (unpaired) electrons. The number of hydrogen-bond donors (Lipinski definition) is 0. The first-order chi connectivity index (χ1) is 9.61. The Labute approximate surface area is 121 Å². The van der Waals surface area contributed by atoms with Crippen molar-refractivity contribution >= 4 is 33.5 Å². The molecule has 6 heteroatoms. The lowest BCUT2D eigenvalue weighted by Crippen LogP contribution is -1.96. The Kier molecular flexibility index (Phi) is 3.54. The van der Waals surface area contributed by atoms with Gasteiger partial charge in [0.2, 0.25) is 0 Å². The fourth-order valence-corrected chi connectivity index (χ4v) is 2.90. The van der Waals surface area contributed by atoms with Gasteiger partial charge in [0.15, 0.2) is 5.58 Å². The minimum absolute atomic E-state index is 0.0977. The highest BCUT2D eigenvalue weighted by Gasteiger charge is 2.14. The van der Waals surface area contributed by atoms with E-state index >= 15 is 0 Å². The van der Waals surface area contributed by atoms with Gasteiger partial charge in [-0.2, -0.15) is 0 Å². The van der Waals surface area contributed by atoms with E-state index in [4.69, 9.17) is 16.0 Å². The third kappa shape index (κ3) is 2.73. The van der Waals surface area contributed by atoms with Gasteiger partial charge in [-0.25, -0.2) is 13.6 Å². The van der Waals surface area contributed by atoms with Crippen molar-refractivity contribution in [3.05, 3.63) is 58.9 Å². The molecule has 0 aliphatic rings. The molecule has 0 bridgehead atoms. The van der Waals surface area contributed by atoms with Crippen molar-refractivity contribution in [3.63, 3.8) is 0 Å². The quantitative estimate of drug-likeness (QED) is 0.736. The number of rotatable bonds is 3. The van der Waals surface area contributed by atoms with Gasteiger partial charge in [0.25, 0.3) is 5.22 Å². The van der Waals surface area contributed by atoms with Gasteiger partial charge in [0.05, 0.1) is 5.75 Å². The second kappa shape index (κ2) is 5.34. The highest BCUT2D eigenvalue weighted by atomic mass is 35.5. The minimum Gasteiger partial charge on any atom is -0.430 e. The largest absolute Gasteiger partial charge is 0.430 e. The molecule has 3 aromatic rings. The van der Waals surface area contributed by atoms with Crippen molar-refractivity contribution in [2.45, 2.75) is 11.0 Å². The molecule has 102 valence electrons. The Morgan fingerprint density at radius 1 is 1.20 bits per heavy atom. The predicted octanol–water partition coefficient (Wildman–Crippen LogP) is 3.93. The summed E-state index contributed by atoms with van der Waals surface area (Å²) in [6.45, 7) is 0. The zero-order valence-corrected chi connectivity index (χ0v) is 11.7. The molecule has 3 rings (SSSR count). The van der Waals surface area contributed by atoms with Crippen LogP contribution in [0.25, 0.3) is 11.1 Å². The maximum absolute atomic E-state index is 13.1. The van der Waals surface area contributed by atoms with Gasteiger partial charge in [-0.05, 0) is 29.8 Å². The molecule has 1 atom stereocenters. The number of benzene rings is 2. The van der Waals surface area contributed by atoms with E-state index in [2.05, 4.69) is 4.98 Å². The predicted molar refractivity (Wildman–Crippen MR) is 75.5 cm³/mol. The molecule has 1 aromatic heterocycles. The van der Waals surface area contributed by atoms with Gasteiger partial charge in [-0.15, -0.1) is 0 Å². The number of aromatic nitrogens is 1. The zero-order valence-electron chi connectivity index (χ0n) is 10.2. The van der Waals surface area contributed by atoms with Crippen LogP contribution in [0.4, 0.5) is 4.39 Å². The fraction of sp³-hybridized carbons (Fsp3) is 0.0714. The van der Waals surface area contributed by atoms with Gasteiger partial charge in [0.1, 0.15) is 22.1 Å². The zero-order chi connectivity index (χ0) is 14.1. The number of halogens is 2. The van der Waals surface area contributed by atoms with Crippen LogP contribution in [0.5, 0.6) is 0 Å². The average Bonchev–Trinajstić information content (AvgIpc) is 2.84. The molecular formula is C14H9ClFNO2S. The van der Waals surface area contributed by atoms with Gasteiger partial charge in [0, 0.05) is 11.1 Å². The van der Waals surface area contributed by atoms with Crippen molar-refractivity contribution < 1.29 is 13.0 Å². The van der Waals surface area contributed by atoms with E-state index in [1.54, 1.807) is 24.3 Å². The molecule has 0 saturated carbocycles. The first kappa shape index (κ1) is 13.3. The molecule has 0 spiro atoms.